The van der Waals surface area contributed by atoms with Gasteiger partial charge in [-0.3, -0.25) is 4.90 Å². The van der Waals surface area contributed by atoms with Gasteiger partial charge < -0.3 is 14.6 Å². The topological polar surface area (TPSA) is 41.9 Å². The molecule has 1 heterocycles. The van der Waals surface area contributed by atoms with E-state index >= 15 is 0 Å². The Morgan fingerprint density at radius 3 is 2.48 bits per heavy atom. The van der Waals surface area contributed by atoms with Crippen LogP contribution in [0.5, 0.6) is 5.75 Å². The normalized spacial score (nSPS) is 19.0. The molecule has 4 nitrogen and oxygen atoms in total. The summed E-state index contributed by atoms with van der Waals surface area (Å²) in [4.78, 5) is 2.30. The van der Waals surface area contributed by atoms with Gasteiger partial charge in [0.05, 0.1) is 13.7 Å². The first-order valence-corrected chi connectivity index (χ1v) is 10.6. The van der Waals surface area contributed by atoms with Crippen molar-refractivity contribution >= 4 is 0 Å². The zero-order valence-corrected chi connectivity index (χ0v) is 17.7. The summed E-state index contributed by atoms with van der Waals surface area (Å²) in [6.45, 7) is 2.72. The largest absolute Gasteiger partial charge is 0.496 e. The minimum atomic E-state index is -1.29. The van der Waals surface area contributed by atoms with Gasteiger partial charge in [0, 0.05) is 32.1 Å². The van der Waals surface area contributed by atoms with E-state index in [1.165, 1.54) is 24.8 Å². The maximum absolute atomic E-state index is 13.7. The van der Waals surface area contributed by atoms with Crippen molar-refractivity contribution in [1.29, 1.82) is 0 Å². The monoisotopic (exact) mass is 421 g/mol. The zero-order chi connectivity index (χ0) is 21.7. The summed E-state index contributed by atoms with van der Waals surface area (Å²) < 4.78 is 25.3. The second kappa shape index (κ2) is 9.60. The molecule has 0 aliphatic carbocycles. The highest BCUT2D eigenvalue weighted by molar-refractivity contribution is 5.38. The summed E-state index contributed by atoms with van der Waals surface area (Å²) in [5.74, 6) is 0.0538. The summed E-state index contributed by atoms with van der Waals surface area (Å²) in [5, 5.41) is 12.0. The fraction of sp³-hybridized carbons (Fsp3) is 0.308. The summed E-state index contributed by atoms with van der Waals surface area (Å²) in [6.07, 6.45) is -0.188. The molecule has 3 aromatic carbocycles. The highest BCUT2D eigenvalue weighted by Crippen LogP contribution is 2.36. The fourth-order valence-corrected chi connectivity index (χ4v) is 4.26. The van der Waals surface area contributed by atoms with Crippen LogP contribution in [0, 0.1) is 5.82 Å². The molecule has 0 aromatic heterocycles. The number of aliphatic hydroxyl groups is 1. The SMILES string of the molecule is COc1cc(F)ccc1CC(O)(c1ccccc1)C1CN(Cc2ccccc2)CCO1. The second-order valence-corrected chi connectivity index (χ2v) is 8.00. The van der Waals surface area contributed by atoms with Crippen LogP contribution in [0.4, 0.5) is 4.39 Å². The van der Waals surface area contributed by atoms with E-state index in [9.17, 15) is 9.50 Å². The Labute approximate surface area is 182 Å². The standard InChI is InChI=1S/C26H28FNO3/c1-30-24-16-23(27)13-12-21(24)17-26(29,22-10-6-3-7-11-22)25-19-28(14-15-31-25)18-20-8-4-2-5-9-20/h2-13,16,25,29H,14-15,17-19H2,1H3. The van der Waals surface area contributed by atoms with E-state index in [0.717, 1.165) is 24.2 Å². The molecule has 1 aliphatic rings. The third-order valence-electron chi connectivity index (χ3n) is 5.91. The Balaban J connectivity index is 1.63. The number of morpholine rings is 1. The summed E-state index contributed by atoms with van der Waals surface area (Å²) in [6, 6.07) is 24.3. The molecular formula is C26H28FNO3. The van der Waals surface area contributed by atoms with Crippen molar-refractivity contribution in [3.8, 4) is 5.75 Å². The predicted molar refractivity (Wildman–Crippen MR) is 118 cm³/mol. The minimum Gasteiger partial charge on any atom is -0.496 e. The van der Waals surface area contributed by atoms with Gasteiger partial charge in [-0.1, -0.05) is 66.7 Å². The van der Waals surface area contributed by atoms with Crippen LogP contribution in [0.25, 0.3) is 0 Å². The quantitative estimate of drug-likeness (QED) is 0.622. The number of nitrogens with zero attached hydrogens (tertiary/aromatic N) is 1. The van der Waals surface area contributed by atoms with E-state index in [-0.39, 0.29) is 12.2 Å². The second-order valence-electron chi connectivity index (χ2n) is 8.00. The van der Waals surface area contributed by atoms with Gasteiger partial charge in [0.25, 0.3) is 0 Å². The van der Waals surface area contributed by atoms with Gasteiger partial charge in [-0.05, 0) is 22.8 Å². The van der Waals surface area contributed by atoms with Gasteiger partial charge >= 0.3 is 0 Å². The molecule has 0 saturated carbocycles. The van der Waals surface area contributed by atoms with Crippen LogP contribution in [0.1, 0.15) is 16.7 Å². The molecule has 1 saturated heterocycles. The van der Waals surface area contributed by atoms with Crippen molar-refractivity contribution in [2.75, 3.05) is 26.8 Å². The minimum absolute atomic E-state index is 0.254. The van der Waals surface area contributed by atoms with Crippen LogP contribution < -0.4 is 4.74 Å². The predicted octanol–water partition coefficient (Wildman–Crippen LogP) is 4.17. The third kappa shape index (κ3) is 4.96. The summed E-state index contributed by atoms with van der Waals surface area (Å²) in [7, 11) is 1.51. The molecule has 0 bridgehead atoms. The van der Waals surface area contributed by atoms with Crippen LogP contribution >= 0.6 is 0 Å². The zero-order valence-electron chi connectivity index (χ0n) is 17.7. The van der Waals surface area contributed by atoms with Gasteiger partial charge in [0.1, 0.15) is 23.3 Å². The van der Waals surface area contributed by atoms with Gasteiger partial charge in [-0.25, -0.2) is 4.39 Å². The number of halogens is 1. The van der Waals surface area contributed by atoms with E-state index in [4.69, 9.17) is 9.47 Å². The molecule has 2 atom stereocenters. The molecule has 1 N–H and O–H groups in total. The fourth-order valence-electron chi connectivity index (χ4n) is 4.26. The highest BCUT2D eigenvalue weighted by Gasteiger charge is 2.42. The number of ether oxygens (including phenoxy) is 2. The Morgan fingerprint density at radius 2 is 1.77 bits per heavy atom. The number of methoxy groups -OCH3 is 1. The van der Waals surface area contributed by atoms with Crippen LogP contribution in [0.15, 0.2) is 78.9 Å². The van der Waals surface area contributed by atoms with E-state index in [1.807, 2.05) is 48.5 Å². The molecule has 4 rings (SSSR count). The number of rotatable bonds is 7. The Bertz CT molecular complexity index is 982. The lowest BCUT2D eigenvalue weighted by molar-refractivity contribution is -0.150. The highest BCUT2D eigenvalue weighted by atomic mass is 19.1. The first-order chi connectivity index (χ1) is 15.1. The molecule has 0 radical (unpaired) electrons. The molecule has 31 heavy (non-hydrogen) atoms. The Morgan fingerprint density at radius 1 is 1.06 bits per heavy atom. The van der Waals surface area contributed by atoms with E-state index in [0.29, 0.717) is 18.9 Å². The van der Waals surface area contributed by atoms with Crippen molar-refractivity contribution < 1.29 is 19.0 Å². The third-order valence-corrected chi connectivity index (χ3v) is 5.91. The molecule has 0 spiro atoms. The van der Waals surface area contributed by atoms with Crippen LogP contribution in [-0.2, 0) is 23.3 Å². The lowest BCUT2D eigenvalue weighted by Gasteiger charge is -2.42. The maximum atomic E-state index is 13.7. The molecule has 2 unspecified atom stereocenters. The summed E-state index contributed by atoms with van der Waals surface area (Å²) >= 11 is 0. The average Bonchev–Trinajstić information content (AvgIpc) is 2.81. The van der Waals surface area contributed by atoms with E-state index < -0.39 is 11.7 Å². The van der Waals surface area contributed by atoms with Crippen molar-refractivity contribution in [3.05, 3.63) is 101 Å². The Kier molecular flexibility index (Phi) is 6.66. The smallest absolute Gasteiger partial charge is 0.126 e. The van der Waals surface area contributed by atoms with Crippen LogP contribution in [0.3, 0.4) is 0 Å². The molecule has 0 amide bonds. The lowest BCUT2D eigenvalue weighted by Crippen LogP contribution is -2.53. The maximum Gasteiger partial charge on any atom is 0.126 e. The first-order valence-electron chi connectivity index (χ1n) is 10.6. The van der Waals surface area contributed by atoms with E-state index in [1.54, 1.807) is 6.07 Å². The molecule has 1 fully saturated rings. The molecule has 5 heteroatoms. The lowest BCUT2D eigenvalue weighted by atomic mass is 9.81. The number of hydrogen-bond acceptors (Lipinski definition) is 4. The Hall–Kier alpha value is -2.73. The van der Waals surface area contributed by atoms with Crippen molar-refractivity contribution in [3.63, 3.8) is 0 Å². The first kappa shape index (κ1) is 21.5. The van der Waals surface area contributed by atoms with Crippen LogP contribution in [-0.4, -0.2) is 42.9 Å². The summed E-state index contributed by atoms with van der Waals surface area (Å²) in [5.41, 5.74) is 1.44. The van der Waals surface area contributed by atoms with Crippen molar-refractivity contribution in [1.82, 2.24) is 4.90 Å². The van der Waals surface area contributed by atoms with Crippen molar-refractivity contribution in [2.45, 2.75) is 24.7 Å². The average molecular weight is 422 g/mol. The van der Waals surface area contributed by atoms with E-state index in [2.05, 4.69) is 17.0 Å². The molecule has 3 aromatic rings. The van der Waals surface area contributed by atoms with Gasteiger partial charge in [-0.15, -0.1) is 0 Å². The van der Waals surface area contributed by atoms with Crippen LogP contribution in [0.2, 0.25) is 0 Å². The van der Waals surface area contributed by atoms with Gasteiger partial charge in [-0.2, -0.15) is 0 Å². The molecule has 1 aliphatic heterocycles. The number of benzene rings is 3. The van der Waals surface area contributed by atoms with Gasteiger partial charge in [0.2, 0.25) is 0 Å². The van der Waals surface area contributed by atoms with Crippen molar-refractivity contribution in [2.24, 2.45) is 0 Å². The van der Waals surface area contributed by atoms with Gasteiger partial charge in [0.15, 0.2) is 0 Å². The number of hydrogen-bond donors (Lipinski definition) is 1. The molecule has 162 valence electrons. The molecular weight excluding hydrogens is 393 g/mol.